The van der Waals surface area contributed by atoms with Crippen molar-refractivity contribution in [2.24, 2.45) is 0 Å². The number of cyclic esters (lactones) is 1. The lowest BCUT2D eigenvalue weighted by atomic mass is 10.0. The minimum atomic E-state index is -0.330. The Morgan fingerprint density at radius 2 is 2.50 bits per heavy atom. The van der Waals surface area contributed by atoms with Crippen LogP contribution in [0.25, 0.3) is 0 Å². The molecule has 0 radical (unpaired) electrons. The second kappa shape index (κ2) is 3.21. The molecule has 2 aliphatic rings. The van der Waals surface area contributed by atoms with Crippen LogP contribution < -0.4 is 5.32 Å². The number of carbonyl (C=O) groups excluding carboxylic acids is 1. The Morgan fingerprint density at radius 1 is 1.62 bits per heavy atom. The molecule has 0 saturated carbocycles. The number of hydrogen-bond donors (Lipinski definition) is 1. The van der Waals surface area contributed by atoms with Gasteiger partial charge >= 0.3 is 6.09 Å². The molecule has 88 valence electrons. The molecule has 6 heteroatoms. The zero-order valence-corrected chi connectivity index (χ0v) is 9.14. The summed E-state index contributed by atoms with van der Waals surface area (Å²) < 4.78 is 6.97. The summed E-state index contributed by atoms with van der Waals surface area (Å²) >= 11 is 0. The third kappa shape index (κ3) is 1.46. The predicted molar refractivity (Wildman–Crippen MR) is 57.9 cm³/mol. The van der Waals surface area contributed by atoms with Crippen molar-refractivity contribution in [2.75, 3.05) is 20.2 Å². The van der Waals surface area contributed by atoms with Gasteiger partial charge in [-0.05, 0) is 13.1 Å². The summed E-state index contributed by atoms with van der Waals surface area (Å²) in [5, 5.41) is 7.19. The van der Waals surface area contributed by atoms with Gasteiger partial charge in [-0.1, -0.05) is 0 Å². The summed E-state index contributed by atoms with van der Waals surface area (Å²) in [6, 6.07) is 2.01. The van der Waals surface area contributed by atoms with Crippen molar-refractivity contribution in [3.63, 3.8) is 0 Å². The number of hydrogen-bond acceptors (Lipinski definition) is 4. The number of ether oxygens (including phenoxy) is 1. The molecule has 6 nitrogen and oxygen atoms in total. The van der Waals surface area contributed by atoms with Crippen molar-refractivity contribution in [3.8, 4) is 0 Å². The largest absolute Gasteiger partial charge is 0.447 e. The first-order valence-corrected chi connectivity index (χ1v) is 5.31. The van der Waals surface area contributed by atoms with Gasteiger partial charge < -0.3 is 10.1 Å². The van der Waals surface area contributed by atoms with Gasteiger partial charge in [-0.2, -0.15) is 5.10 Å². The average Bonchev–Trinajstić information content (AvgIpc) is 2.73. The molecule has 1 saturated heterocycles. The maximum absolute atomic E-state index is 11.2. The fraction of sp³-hybridized carbons (Fsp3) is 0.600. The Hall–Kier alpha value is -1.56. The maximum Gasteiger partial charge on any atom is 0.407 e. The molecule has 0 aromatic carbocycles. The number of likely N-dealkylation sites (N-methyl/N-ethyl adjacent to an activating group) is 1. The average molecular weight is 224 g/mol. The lowest BCUT2D eigenvalue weighted by Gasteiger charge is -2.27. The summed E-state index contributed by atoms with van der Waals surface area (Å²) in [5.41, 5.74) is 0.837. The van der Waals surface area contributed by atoms with E-state index >= 15 is 0 Å². The van der Waals surface area contributed by atoms with E-state index in [1.165, 1.54) is 5.69 Å². The smallest absolute Gasteiger partial charge is 0.407 e. The molecular weight excluding hydrogens is 208 g/mol. The van der Waals surface area contributed by atoms with E-state index in [2.05, 4.69) is 15.3 Å². The number of aromatic nitrogens is 2. The molecule has 1 N–H and O–H groups in total. The molecule has 1 aromatic heterocycles. The van der Waals surface area contributed by atoms with Crippen LogP contribution in [-0.4, -0.2) is 46.5 Å². The highest BCUT2D eigenvalue weighted by molar-refractivity contribution is 5.70. The summed E-state index contributed by atoms with van der Waals surface area (Å²) in [6.07, 6.45) is 1.46. The number of carbonyl (C=O) groups is 1. The summed E-state index contributed by atoms with van der Waals surface area (Å²) in [4.78, 5) is 13.4. The highest BCUT2D eigenvalue weighted by Gasteiger charge is 2.42. The summed E-state index contributed by atoms with van der Waals surface area (Å²) in [7, 11) is 2.04. The van der Waals surface area contributed by atoms with E-state index in [0.29, 0.717) is 13.2 Å². The highest BCUT2D eigenvalue weighted by Crippen LogP contribution is 2.22. The van der Waals surface area contributed by atoms with E-state index in [9.17, 15) is 4.79 Å². The Bertz CT molecular complexity index is 436. The first-order valence-electron chi connectivity index (χ1n) is 5.31. The monoisotopic (exact) mass is 224 g/mol. The minimum absolute atomic E-state index is 0. The van der Waals surface area contributed by atoms with Crippen molar-refractivity contribution in [1.82, 2.24) is 20.0 Å². The number of rotatable bonds is 0. The second-order valence-corrected chi connectivity index (χ2v) is 4.63. The number of fused-ring (bicyclic) bond motifs is 1. The summed E-state index contributed by atoms with van der Waals surface area (Å²) in [5.74, 6) is 0. The van der Waals surface area contributed by atoms with E-state index in [4.69, 9.17) is 4.74 Å². The predicted octanol–water partition coefficient (Wildman–Crippen LogP) is 0.0531. The molecule has 1 unspecified atom stereocenters. The first-order chi connectivity index (χ1) is 7.67. The van der Waals surface area contributed by atoms with Crippen molar-refractivity contribution in [2.45, 2.75) is 18.6 Å². The van der Waals surface area contributed by atoms with E-state index in [-0.39, 0.29) is 13.1 Å². The minimum Gasteiger partial charge on any atom is -0.447 e. The lowest BCUT2D eigenvalue weighted by molar-refractivity contribution is 0.159. The van der Waals surface area contributed by atoms with Crippen LogP contribution in [0.4, 0.5) is 4.79 Å². The Kier molecular flexibility index (Phi) is 1.94. The Balaban J connectivity index is 0.00000108. The number of amides is 1. The van der Waals surface area contributed by atoms with Crippen molar-refractivity contribution in [1.29, 1.82) is 0 Å². The van der Waals surface area contributed by atoms with E-state index in [1.54, 1.807) is 6.20 Å². The Labute approximate surface area is 94.7 Å². The molecular formula is C10H16N4O2. The molecule has 1 aromatic rings. The third-order valence-corrected chi connectivity index (χ3v) is 3.11. The van der Waals surface area contributed by atoms with Gasteiger partial charge in [-0.25, -0.2) is 4.79 Å². The van der Waals surface area contributed by atoms with Gasteiger partial charge in [0.1, 0.15) is 12.1 Å². The molecule has 1 amide bonds. The van der Waals surface area contributed by atoms with E-state index in [0.717, 1.165) is 13.1 Å². The molecule has 1 atom stereocenters. The van der Waals surface area contributed by atoms with Crippen LogP contribution in [0, 0.1) is 0 Å². The molecule has 2 aliphatic heterocycles. The van der Waals surface area contributed by atoms with Crippen LogP contribution in [0.15, 0.2) is 12.3 Å². The zero-order valence-electron chi connectivity index (χ0n) is 9.14. The molecule has 3 heterocycles. The quantitative estimate of drug-likeness (QED) is 0.676. The van der Waals surface area contributed by atoms with Crippen LogP contribution in [0.1, 0.15) is 7.12 Å². The zero-order chi connectivity index (χ0) is 11.2. The van der Waals surface area contributed by atoms with Gasteiger partial charge in [0.2, 0.25) is 0 Å². The van der Waals surface area contributed by atoms with Gasteiger partial charge in [-0.15, -0.1) is 0 Å². The van der Waals surface area contributed by atoms with Crippen LogP contribution in [0.5, 0.6) is 0 Å². The molecule has 0 bridgehead atoms. The molecule has 3 rings (SSSR count). The molecule has 0 aliphatic carbocycles. The van der Waals surface area contributed by atoms with Crippen LogP contribution in [0.3, 0.4) is 0 Å². The van der Waals surface area contributed by atoms with Crippen LogP contribution in [-0.2, 0) is 17.8 Å². The van der Waals surface area contributed by atoms with Gasteiger partial charge in [0.15, 0.2) is 0 Å². The first kappa shape index (κ1) is 9.65. The fourth-order valence-electron chi connectivity index (χ4n) is 2.49. The van der Waals surface area contributed by atoms with Crippen molar-refractivity contribution >= 4 is 6.09 Å². The van der Waals surface area contributed by atoms with Gasteiger partial charge in [0.25, 0.3) is 0 Å². The molecule has 1 spiro atoms. The van der Waals surface area contributed by atoms with Gasteiger partial charge in [0.05, 0.1) is 12.2 Å². The number of nitrogens with zero attached hydrogens (tertiary/aromatic N) is 3. The highest BCUT2D eigenvalue weighted by atomic mass is 16.6. The molecule has 1 fully saturated rings. The lowest BCUT2D eigenvalue weighted by Crippen LogP contribution is -2.53. The van der Waals surface area contributed by atoms with Crippen molar-refractivity contribution < 1.29 is 11.0 Å². The van der Waals surface area contributed by atoms with Crippen molar-refractivity contribution in [3.05, 3.63) is 18.0 Å². The van der Waals surface area contributed by atoms with Gasteiger partial charge in [0, 0.05) is 20.7 Å². The van der Waals surface area contributed by atoms with E-state index < -0.39 is 0 Å². The second-order valence-electron chi connectivity index (χ2n) is 4.63. The fourth-order valence-corrected chi connectivity index (χ4v) is 2.49. The summed E-state index contributed by atoms with van der Waals surface area (Å²) in [6.45, 7) is 2.71. The normalized spacial score (nSPS) is 29.7. The van der Waals surface area contributed by atoms with E-state index in [1.807, 2.05) is 17.8 Å². The SMILES string of the molecule is CN1Cc2ccnn2CC2(COC(=O)N2)C1.[HH]. The van der Waals surface area contributed by atoms with Crippen LogP contribution in [0.2, 0.25) is 0 Å². The third-order valence-electron chi connectivity index (χ3n) is 3.11. The topological polar surface area (TPSA) is 59.4 Å². The molecule has 16 heavy (non-hydrogen) atoms. The number of nitrogens with one attached hydrogen (secondary N) is 1. The maximum atomic E-state index is 11.2. The Morgan fingerprint density at radius 3 is 3.25 bits per heavy atom. The number of alkyl carbamates (subject to hydrolysis) is 1. The van der Waals surface area contributed by atoms with Crippen LogP contribution >= 0.6 is 0 Å². The van der Waals surface area contributed by atoms with Gasteiger partial charge in [-0.3, -0.25) is 9.58 Å². The standard InChI is InChI=1S/C10H14N4O2.H2/c1-13-4-8-2-3-11-14(8)6-10(5-13)7-16-9(15)12-10;/h2-3H,4-7H2,1H3,(H,12,15);1H.